The minimum absolute atomic E-state index is 0.585. The average molecular weight is 406 g/mol. The van der Waals surface area contributed by atoms with Crippen molar-refractivity contribution in [1.82, 2.24) is 14.8 Å². The Bertz CT molecular complexity index is 871. The van der Waals surface area contributed by atoms with Gasteiger partial charge in [0.2, 0.25) is 0 Å². The van der Waals surface area contributed by atoms with Crippen LogP contribution in [0.25, 0.3) is 11.1 Å². The van der Waals surface area contributed by atoms with E-state index in [0.29, 0.717) is 12.0 Å². The van der Waals surface area contributed by atoms with Crippen LogP contribution < -0.4 is 5.32 Å². The number of hydrogen-bond acceptors (Lipinski definition) is 4. The molecule has 0 unspecified atom stereocenters. The Labute approximate surface area is 180 Å². The lowest BCUT2D eigenvalue weighted by Gasteiger charge is -2.29. The molecule has 1 N–H and O–H groups in total. The zero-order valence-corrected chi connectivity index (χ0v) is 18.4. The largest absolute Gasteiger partial charge is 0.385 e. The Morgan fingerprint density at radius 1 is 1.23 bits per heavy atom. The molecule has 0 radical (unpaired) electrons. The van der Waals surface area contributed by atoms with Crippen molar-refractivity contribution in [3.05, 3.63) is 48.8 Å². The third-order valence-corrected chi connectivity index (χ3v) is 6.56. The monoisotopic (exact) mass is 405 g/mol. The normalized spacial score (nSPS) is 21.7. The van der Waals surface area contributed by atoms with Gasteiger partial charge < -0.3 is 10.3 Å². The Kier molecular flexibility index (Phi) is 6.56. The van der Waals surface area contributed by atoms with Gasteiger partial charge in [-0.25, -0.2) is 0 Å². The van der Waals surface area contributed by atoms with Crippen molar-refractivity contribution in [2.45, 2.75) is 51.5 Å². The van der Waals surface area contributed by atoms with Gasteiger partial charge in [-0.1, -0.05) is 18.7 Å². The highest BCUT2D eigenvalue weighted by Crippen LogP contribution is 2.35. The fourth-order valence-electron chi connectivity index (χ4n) is 4.19. The molecule has 0 spiro atoms. The van der Waals surface area contributed by atoms with Gasteiger partial charge in [0.05, 0.1) is 12.2 Å². The molecule has 0 bridgehead atoms. The maximum absolute atomic E-state index is 4.53. The Morgan fingerprint density at radius 2 is 2.03 bits per heavy atom. The van der Waals surface area contributed by atoms with E-state index in [-0.39, 0.29) is 0 Å². The van der Waals surface area contributed by atoms with Gasteiger partial charge in [-0.05, 0) is 80.6 Å². The van der Waals surface area contributed by atoms with Crippen LogP contribution in [-0.4, -0.2) is 41.1 Å². The highest BCUT2D eigenvalue weighted by molar-refractivity contribution is 5.78. The molecule has 2 saturated carbocycles. The molecule has 160 valence electrons. The number of anilines is 1. The molecule has 5 nitrogen and oxygen atoms in total. The molecule has 2 aliphatic rings. The summed E-state index contributed by atoms with van der Waals surface area (Å²) in [5.74, 6) is 1.31. The van der Waals surface area contributed by atoms with Crippen LogP contribution in [0.15, 0.2) is 53.9 Å². The summed E-state index contributed by atoms with van der Waals surface area (Å²) >= 11 is 0. The third kappa shape index (κ3) is 5.32. The summed E-state index contributed by atoms with van der Waals surface area (Å²) in [5, 5.41) is 14.6. The number of nitrogens with one attached hydrogen (secondary N) is 1. The fraction of sp³-hybridized carbons (Fsp3) is 0.520. The summed E-state index contributed by atoms with van der Waals surface area (Å²) in [6, 6.07) is 9.36. The van der Waals surface area contributed by atoms with E-state index in [4.69, 9.17) is 0 Å². The van der Waals surface area contributed by atoms with Gasteiger partial charge in [0, 0.05) is 43.8 Å². The van der Waals surface area contributed by atoms with Crippen molar-refractivity contribution in [1.29, 1.82) is 0 Å². The van der Waals surface area contributed by atoms with Gasteiger partial charge in [-0.3, -0.25) is 4.68 Å². The number of hydrogen-bond donors (Lipinski definition) is 1. The second-order valence-electron chi connectivity index (χ2n) is 8.91. The summed E-state index contributed by atoms with van der Waals surface area (Å²) < 4.78 is 2.12. The van der Waals surface area contributed by atoms with Crippen LogP contribution in [0.1, 0.15) is 51.5 Å². The molecule has 1 heterocycles. The molecule has 0 amide bonds. The van der Waals surface area contributed by atoms with Crippen molar-refractivity contribution in [2.75, 3.05) is 25.5 Å². The molecule has 2 fully saturated rings. The summed E-state index contributed by atoms with van der Waals surface area (Å²) in [7, 11) is 2.00. The van der Waals surface area contributed by atoms with Gasteiger partial charge >= 0.3 is 0 Å². The Morgan fingerprint density at radius 3 is 2.77 bits per heavy atom. The van der Waals surface area contributed by atoms with Gasteiger partial charge in [-0.2, -0.15) is 10.2 Å². The highest BCUT2D eigenvalue weighted by Gasteiger charge is 2.24. The number of hydrazone groups is 1. The zero-order chi connectivity index (χ0) is 20.9. The van der Waals surface area contributed by atoms with Crippen LogP contribution in [0.2, 0.25) is 0 Å². The van der Waals surface area contributed by atoms with Crippen LogP contribution in [0.5, 0.6) is 0 Å². The van der Waals surface area contributed by atoms with E-state index in [2.05, 4.69) is 64.2 Å². The van der Waals surface area contributed by atoms with Crippen LogP contribution in [0.4, 0.5) is 5.69 Å². The molecule has 0 saturated heterocycles. The quantitative estimate of drug-likeness (QED) is 0.436. The first-order valence-electron chi connectivity index (χ1n) is 11.4. The molecule has 0 atom stereocenters. The molecule has 5 heteroatoms. The summed E-state index contributed by atoms with van der Waals surface area (Å²) in [6.45, 7) is 8.33. The lowest BCUT2D eigenvalue weighted by molar-refractivity contribution is 0.317. The molecule has 4 rings (SSSR count). The van der Waals surface area contributed by atoms with Crippen molar-refractivity contribution in [3.8, 4) is 11.1 Å². The third-order valence-electron chi connectivity index (χ3n) is 6.56. The van der Waals surface area contributed by atoms with E-state index >= 15 is 0 Å². The maximum atomic E-state index is 4.53. The lowest BCUT2D eigenvalue weighted by atomic mass is 9.79. The zero-order valence-electron chi connectivity index (χ0n) is 18.4. The molecule has 2 aromatic rings. The highest BCUT2D eigenvalue weighted by atomic mass is 15.4. The first-order chi connectivity index (χ1) is 14.6. The van der Waals surface area contributed by atoms with Crippen LogP contribution in [-0.2, 0) is 0 Å². The van der Waals surface area contributed by atoms with Crippen molar-refractivity contribution >= 4 is 11.9 Å². The molecule has 1 aromatic carbocycles. The molecule has 30 heavy (non-hydrogen) atoms. The Hall–Kier alpha value is -2.56. The van der Waals surface area contributed by atoms with Crippen LogP contribution >= 0.6 is 0 Å². The van der Waals surface area contributed by atoms with Crippen LogP contribution in [0.3, 0.4) is 0 Å². The maximum Gasteiger partial charge on any atom is 0.0568 e. The first kappa shape index (κ1) is 20.7. The van der Waals surface area contributed by atoms with E-state index in [0.717, 1.165) is 19.0 Å². The average Bonchev–Trinajstić information content (AvgIpc) is 3.52. The number of allylic oxidation sites excluding steroid dienone is 1. The minimum Gasteiger partial charge on any atom is -0.385 e. The predicted octanol–water partition coefficient (Wildman–Crippen LogP) is 5.60. The van der Waals surface area contributed by atoms with Gasteiger partial charge in [0.15, 0.2) is 0 Å². The first-order valence-corrected chi connectivity index (χ1v) is 11.4. The van der Waals surface area contributed by atoms with Gasteiger partial charge in [-0.15, -0.1) is 0 Å². The fourth-order valence-corrected chi connectivity index (χ4v) is 4.19. The lowest BCUT2D eigenvalue weighted by Crippen LogP contribution is -2.22. The standard InChI is InChI=1S/C25H35N5/c1-4-29(3)27-15-19(2)21-10-8-20(9-11-21)16-26-24-7-5-6-22(14-24)23-17-28-30(18-23)25-12-13-25/h5-7,14-15,17-18,20-21,25-26H,2,4,8-13,16H2,1,3H3/b27-15-. The van der Waals surface area contributed by atoms with E-state index < -0.39 is 0 Å². The van der Waals surface area contributed by atoms with Crippen molar-refractivity contribution in [3.63, 3.8) is 0 Å². The van der Waals surface area contributed by atoms with Crippen molar-refractivity contribution in [2.24, 2.45) is 16.9 Å². The SMILES string of the molecule is C=C(/C=N\N(C)CC)C1CCC(CNc2cccc(-c3cnn(C4CC4)c3)c2)CC1. The van der Waals surface area contributed by atoms with Gasteiger partial charge in [0.25, 0.3) is 0 Å². The summed E-state index contributed by atoms with van der Waals surface area (Å²) in [5.41, 5.74) is 4.83. The second kappa shape index (κ2) is 9.50. The number of rotatable bonds is 9. The van der Waals surface area contributed by atoms with E-state index in [1.165, 1.54) is 60.9 Å². The van der Waals surface area contributed by atoms with E-state index in [1.54, 1.807) is 0 Å². The van der Waals surface area contributed by atoms with Crippen molar-refractivity contribution < 1.29 is 0 Å². The topological polar surface area (TPSA) is 45.4 Å². The predicted molar refractivity (Wildman–Crippen MR) is 126 cm³/mol. The van der Waals surface area contributed by atoms with Crippen LogP contribution in [0, 0.1) is 11.8 Å². The molecular formula is C25H35N5. The smallest absolute Gasteiger partial charge is 0.0568 e. The molecule has 0 aliphatic heterocycles. The number of nitrogens with zero attached hydrogens (tertiary/aromatic N) is 4. The van der Waals surface area contributed by atoms with E-state index in [1.807, 2.05) is 24.5 Å². The van der Waals surface area contributed by atoms with Gasteiger partial charge in [0.1, 0.15) is 0 Å². The van der Waals surface area contributed by atoms with E-state index in [9.17, 15) is 0 Å². The molecule has 1 aromatic heterocycles. The summed E-state index contributed by atoms with van der Waals surface area (Å²) in [4.78, 5) is 0. The molecule has 2 aliphatic carbocycles. The Balaban J connectivity index is 1.25. The summed E-state index contributed by atoms with van der Waals surface area (Å²) in [6.07, 6.45) is 13.6. The second-order valence-corrected chi connectivity index (χ2v) is 8.91. The number of aromatic nitrogens is 2. The minimum atomic E-state index is 0.585. The molecular weight excluding hydrogens is 370 g/mol. The number of benzene rings is 1.